The van der Waals surface area contributed by atoms with E-state index in [4.69, 9.17) is 0 Å². The number of rotatable bonds is 5. The molecule has 1 aliphatic carbocycles. The average Bonchev–Trinajstić information content (AvgIpc) is 3.07. The normalized spacial score (nSPS) is 19.9. The van der Waals surface area contributed by atoms with E-state index in [0.29, 0.717) is 17.9 Å². The molecule has 1 heterocycles. The van der Waals surface area contributed by atoms with Crippen molar-refractivity contribution in [2.24, 2.45) is 5.92 Å². The number of carbonyl (C=O) groups excluding carboxylic acids is 1. The molecule has 2 aromatic carbocycles. The summed E-state index contributed by atoms with van der Waals surface area (Å²) < 4.78 is 28.1. The van der Waals surface area contributed by atoms with Gasteiger partial charge in [0.25, 0.3) is 0 Å². The highest BCUT2D eigenvalue weighted by Gasteiger charge is 2.31. The molecule has 0 radical (unpaired) electrons. The van der Waals surface area contributed by atoms with Crippen molar-refractivity contribution in [3.05, 3.63) is 59.7 Å². The van der Waals surface area contributed by atoms with Gasteiger partial charge in [0.15, 0.2) is 0 Å². The van der Waals surface area contributed by atoms with Crippen LogP contribution >= 0.6 is 0 Å². The second-order valence-corrected chi connectivity index (χ2v) is 9.17. The van der Waals surface area contributed by atoms with Gasteiger partial charge >= 0.3 is 0 Å². The minimum absolute atomic E-state index is 0.0230. The third-order valence-corrected chi connectivity index (χ3v) is 6.89. The average molecular weight is 385 g/mol. The topological polar surface area (TPSA) is 66.5 Å². The molecule has 4 rings (SSSR count). The molecule has 2 aliphatic rings. The van der Waals surface area contributed by atoms with Gasteiger partial charge in [-0.3, -0.25) is 4.79 Å². The van der Waals surface area contributed by atoms with E-state index in [0.717, 1.165) is 30.5 Å². The van der Waals surface area contributed by atoms with Crippen molar-refractivity contribution in [1.82, 2.24) is 4.72 Å². The maximum absolute atomic E-state index is 12.7. The lowest BCUT2D eigenvalue weighted by Gasteiger charge is -2.18. The van der Waals surface area contributed by atoms with Gasteiger partial charge in [0.2, 0.25) is 15.9 Å². The largest absolute Gasteiger partial charge is 0.312 e. The number of hydrogen-bond donors (Lipinski definition) is 1. The number of carbonyl (C=O) groups is 1. The van der Waals surface area contributed by atoms with Crippen molar-refractivity contribution >= 4 is 21.6 Å². The number of benzene rings is 2. The van der Waals surface area contributed by atoms with Crippen LogP contribution in [0.5, 0.6) is 0 Å². The molecule has 27 heavy (non-hydrogen) atoms. The van der Waals surface area contributed by atoms with E-state index < -0.39 is 10.0 Å². The monoisotopic (exact) mass is 384 g/mol. The van der Waals surface area contributed by atoms with Crippen molar-refractivity contribution in [1.29, 1.82) is 0 Å². The number of fused-ring (bicyclic) bond motifs is 1. The standard InChI is InChI=1S/C21H24N2O3S/c24-21-12-16(15-23(21)19-8-2-1-3-9-19)14-22-27(25,26)20-11-10-17-6-4-5-7-18(17)13-20/h1-3,8-11,13,16,22H,4-7,12,14-15H2. The van der Waals surface area contributed by atoms with Crippen LogP contribution < -0.4 is 9.62 Å². The highest BCUT2D eigenvalue weighted by molar-refractivity contribution is 7.89. The van der Waals surface area contributed by atoms with Crippen LogP contribution in [0.3, 0.4) is 0 Å². The van der Waals surface area contributed by atoms with Gasteiger partial charge in [-0.25, -0.2) is 13.1 Å². The number of sulfonamides is 1. The van der Waals surface area contributed by atoms with Gasteiger partial charge in [0.05, 0.1) is 4.90 Å². The Labute approximate surface area is 160 Å². The van der Waals surface area contributed by atoms with Gasteiger partial charge in [-0.05, 0) is 67.0 Å². The highest BCUT2D eigenvalue weighted by Crippen LogP contribution is 2.26. The molecule has 142 valence electrons. The Hall–Kier alpha value is -2.18. The molecule has 1 atom stereocenters. The van der Waals surface area contributed by atoms with E-state index in [1.54, 1.807) is 11.0 Å². The van der Waals surface area contributed by atoms with Crippen LogP contribution in [0.25, 0.3) is 0 Å². The Kier molecular flexibility index (Phi) is 5.02. The van der Waals surface area contributed by atoms with Gasteiger partial charge in [-0.2, -0.15) is 0 Å². The molecule has 6 heteroatoms. The first-order valence-corrected chi connectivity index (χ1v) is 11.0. The predicted molar refractivity (Wildman–Crippen MR) is 105 cm³/mol. The molecule has 0 spiro atoms. The first kappa shape index (κ1) is 18.2. The predicted octanol–water partition coefficient (Wildman–Crippen LogP) is 2.90. The van der Waals surface area contributed by atoms with Crippen LogP contribution in [0, 0.1) is 5.92 Å². The van der Waals surface area contributed by atoms with E-state index in [2.05, 4.69) is 4.72 Å². The first-order chi connectivity index (χ1) is 13.0. The Morgan fingerprint density at radius 2 is 1.74 bits per heavy atom. The summed E-state index contributed by atoms with van der Waals surface area (Å²) in [6.45, 7) is 0.810. The first-order valence-electron chi connectivity index (χ1n) is 9.50. The Morgan fingerprint density at radius 1 is 1.00 bits per heavy atom. The molecule has 2 aromatic rings. The Balaban J connectivity index is 1.42. The Morgan fingerprint density at radius 3 is 2.52 bits per heavy atom. The molecule has 1 N–H and O–H groups in total. The number of aryl methyl sites for hydroxylation is 2. The summed E-state index contributed by atoms with van der Waals surface area (Å²) in [6.07, 6.45) is 4.63. The van der Waals surface area contributed by atoms with Gasteiger partial charge in [-0.15, -0.1) is 0 Å². The van der Waals surface area contributed by atoms with Crippen LogP contribution in [0.15, 0.2) is 53.4 Å². The molecule has 1 aliphatic heterocycles. The summed E-state index contributed by atoms with van der Waals surface area (Å²) in [5, 5.41) is 0. The molecule has 0 aromatic heterocycles. The molecular formula is C21H24N2O3S. The number of anilines is 1. The maximum Gasteiger partial charge on any atom is 0.240 e. The number of hydrogen-bond acceptors (Lipinski definition) is 3. The highest BCUT2D eigenvalue weighted by atomic mass is 32.2. The summed E-state index contributed by atoms with van der Waals surface area (Å²) in [7, 11) is -3.56. The van der Waals surface area contributed by atoms with E-state index in [9.17, 15) is 13.2 Å². The third-order valence-electron chi connectivity index (χ3n) is 5.47. The summed E-state index contributed by atoms with van der Waals surface area (Å²) in [4.78, 5) is 14.3. The lowest BCUT2D eigenvalue weighted by atomic mass is 9.92. The number of nitrogens with zero attached hydrogens (tertiary/aromatic N) is 1. The molecule has 0 saturated carbocycles. The summed E-state index contributed by atoms with van der Waals surface area (Å²) in [6, 6.07) is 15.0. The fraction of sp³-hybridized carbons (Fsp3) is 0.381. The summed E-state index contributed by atoms with van der Waals surface area (Å²) in [5.74, 6) is 0.0179. The van der Waals surface area contributed by atoms with Crippen molar-refractivity contribution < 1.29 is 13.2 Å². The van der Waals surface area contributed by atoms with E-state index in [1.165, 1.54) is 12.0 Å². The van der Waals surface area contributed by atoms with E-state index in [-0.39, 0.29) is 18.4 Å². The van der Waals surface area contributed by atoms with Crippen molar-refractivity contribution in [2.75, 3.05) is 18.0 Å². The SMILES string of the molecule is O=C1CC(CNS(=O)(=O)c2ccc3c(c2)CCCC3)CN1c1ccccc1. The summed E-state index contributed by atoms with van der Waals surface area (Å²) in [5.41, 5.74) is 3.28. The smallest absolute Gasteiger partial charge is 0.240 e. The molecule has 1 unspecified atom stereocenters. The fourth-order valence-electron chi connectivity index (χ4n) is 3.96. The fourth-order valence-corrected chi connectivity index (χ4v) is 5.13. The summed E-state index contributed by atoms with van der Waals surface area (Å²) >= 11 is 0. The molecular weight excluding hydrogens is 360 g/mol. The Bertz CT molecular complexity index is 941. The van der Waals surface area contributed by atoms with Crippen molar-refractivity contribution in [3.8, 4) is 0 Å². The molecule has 1 amide bonds. The van der Waals surface area contributed by atoms with Crippen LogP contribution in [0.2, 0.25) is 0 Å². The number of para-hydroxylation sites is 1. The third kappa shape index (κ3) is 3.92. The van der Waals surface area contributed by atoms with Gasteiger partial charge in [0, 0.05) is 25.2 Å². The molecule has 0 bridgehead atoms. The van der Waals surface area contributed by atoms with Gasteiger partial charge < -0.3 is 4.90 Å². The second kappa shape index (κ2) is 7.44. The molecule has 1 fully saturated rings. The maximum atomic E-state index is 12.7. The van der Waals surface area contributed by atoms with Gasteiger partial charge in [-0.1, -0.05) is 24.3 Å². The lowest BCUT2D eigenvalue weighted by Crippen LogP contribution is -2.31. The van der Waals surface area contributed by atoms with Crippen molar-refractivity contribution in [3.63, 3.8) is 0 Å². The van der Waals surface area contributed by atoms with Crippen LogP contribution in [-0.2, 0) is 27.7 Å². The van der Waals surface area contributed by atoms with E-state index >= 15 is 0 Å². The number of amides is 1. The second-order valence-electron chi connectivity index (χ2n) is 7.40. The minimum atomic E-state index is -3.56. The van der Waals surface area contributed by atoms with Crippen LogP contribution in [-0.4, -0.2) is 27.4 Å². The van der Waals surface area contributed by atoms with E-state index in [1.807, 2.05) is 42.5 Å². The van der Waals surface area contributed by atoms with Crippen LogP contribution in [0.1, 0.15) is 30.4 Å². The molecule has 5 nitrogen and oxygen atoms in total. The molecule has 1 saturated heterocycles. The number of nitrogens with one attached hydrogen (secondary N) is 1. The zero-order valence-corrected chi connectivity index (χ0v) is 16.0. The van der Waals surface area contributed by atoms with Crippen molar-refractivity contribution in [2.45, 2.75) is 37.0 Å². The quantitative estimate of drug-likeness (QED) is 0.862. The lowest BCUT2D eigenvalue weighted by molar-refractivity contribution is -0.117. The minimum Gasteiger partial charge on any atom is -0.312 e. The van der Waals surface area contributed by atoms with Gasteiger partial charge in [0.1, 0.15) is 0 Å². The zero-order chi connectivity index (χ0) is 18.9. The van der Waals surface area contributed by atoms with Crippen LogP contribution in [0.4, 0.5) is 5.69 Å². The zero-order valence-electron chi connectivity index (χ0n) is 15.2.